The molecule has 4 N–H and O–H groups in total. The summed E-state index contributed by atoms with van der Waals surface area (Å²) in [6.45, 7) is 6.45. The topological polar surface area (TPSA) is 140 Å². The fraction of sp³-hybridized carbons (Fsp3) is 0.722. The van der Waals surface area contributed by atoms with Crippen molar-refractivity contribution >= 4 is 23.8 Å². The number of carbonyl (C=O) groups excluding carboxylic acids is 4. The first-order chi connectivity index (χ1) is 23.6. The largest absolute Gasteiger partial charge is 0.459 e. The highest BCUT2D eigenvalue weighted by Crippen LogP contribution is 2.32. The summed E-state index contributed by atoms with van der Waals surface area (Å²) < 4.78 is 46.4. The highest BCUT2D eigenvalue weighted by molar-refractivity contribution is 5.92. The first-order valence-corrected chi connectivity index (χ1v) is 18.0. The lowest BCUT2D eigenvalue weighted by atomic mass is 9.83. The van der Waals surface area contributed by atoms with Gasteiger partial charge in [-0.3, -0.25) is 14.4 Å². The molecule has 4 atom stereocenters. The van der Waals surface area contributed by atoms with Crippen molar-refractivity contribution in [2.75, 3.05) is 26.2 Å². The van der Waals surface area contributed by atoms with Crippen LogP contribution < -0.4 is 16.0 Å². The molecule has 50 heavy (non-hydrogen) atoms. The number of nitrogens with one attached hydrogen (secondary N) is 3. The number of ether oxygens (including phenoxy) is 1. The Morgan fingerprint density at radius 2 is 1.56 bits per heavy atom. The molecule has 3 aliphatic rings. The Hall–Kier alpha value is -3.39. The predicted octanol–water partition coefficient (Wildman–Crippen LogP) is 4.07. The molecule has 1 saturated carbocycles. The van der Waals surface area contributed by atoms with Crippen LogP contribution >= 0.6 is 0 Å². The minimum Gasteiger partial charge on any atom is -0.459 e. The Morgan fingerprint density at radius 3 is 2.18 bits per heavy atom. The molecule has 1 aromatic carbocycles. The number of carbonyl (C=O) groups is 4. The third kappa shape index (κ3) is 11.9. The van der Waals surface area contributed by atoms with Crippen LogP contribution in [0.15, 0.2) is 30.3 Å². The quantitative estimate of drug-likeness (QED) is 0.240. The summed E-state index contributed by atoms with van der Waals surface area (Å²) in [4.78, 5) is 56.3. The molecule has 0 bridgehead atoms. The lowest BCUT2D eigenvalue weighted by molar-refractivity contribution is -0.213. The molecule has 2 heterocycles. The van der Waals surface area contributed by atoms with Crippen LogP contribution in [0.4, 0.5) is 18.0 Å². The highest BCUT2D eigenvalue weighted by atomic mass is 19.4. The number of likely N-dealkylation sites (tertiary alicyclic amines) is 2. The van der Waals surface area contributed by atoms with Crippen LogP contribution in [-0.2, 0) is 25.5 Å². The third-order valence-corrected chi connectivity index (χ3v) is 9.81. The van der Waals surface area contributed by atoms with Crippen LogP contribution in [-0.4, -0.2) is 107 Å². The molecule has 0 radical (unpaired) electrons. The second-order valence-electron chi connectivity index (χ2n) is 15.0. The number of alkyl halides is 3. The maximum absolute atomic E-state index is 14.1. The van der Waals surface area contributed by atoms with E-state index in [0.29, 0.717) is 32.4 Å². The molecule has 2 saturated heterocycles. The van der Waals surface area contributed by atoms with Gasteiger partial charge in [0.25, 0.3) is 0 Å². The normalized spacial score (nSPS) is 21.3. The third-order valence-electron chi connectivity index (χ3n) is 9.81. The van der Waals surface area contributed by atoms with Gasteiger partial charge < -0.3 is 35.6 Å². The molecule has 4 amide bonds. The minimum atomic E-state index is -4.91. The van der Waals surface area contributed by atoms with Gasteiger partial charge >= 0.3 is 18.2 Å². The number of urea groups is 1. The van der Waals surface area contributed by atoms with Crippen molar-refractivity contribution in [2.24, 2.45) is 5.92 Å². The fourth-order valence-electron chi connectivity index (χ4n) is 7.24. The highest BCUT2D eigenvalue weighted by Gasteiger charge is 2.46. The number of hydrogen-bond acceptors (Lipinski definition) is 7. The second-order valence-corrected chi connectivity index (χ2v) is 15.0. The van der Waals surface area contributed by atoms with Crippen LogP contribution in [0.5, 0.6) is 0 Å². The Bertz CT molecular complexity index is 1280. The molecule has 280 valence electrons. The van der Waals surface area contributed by atoms with E-state index in [9.17, 15) is 37.5 Å². The minimum absolute atomic E-state index is 0.00693. The monoisotopic (exact) mass is 709 g/mol. The van der Waals surface area contributed by atoms with Gasteiger partial charge in [-0.15, -0.1) is 0 Å². The van der Waals surface area contributed by atoms with Crippen LogP contribution in [0.3, 0.4) is 0 Å². The Morgan fingerprint density at radius 1 is 0.900 bits per heavy atom. The van der Waals surface area contributed by atoms with Crippen molar-refractivity contribution in [3.05, 3.63) is 35.9 Å². The lowest BCUT2D eigenvalue weighted by Crippen LogP contribution is -2.59. The number of esters is 1. The summed E-state index contributed by atoms with van der Waals surface area (Å²) in [6.07, 6.45) is -1.27. The molecule has 0 spiro atoms. The van der Waals surface area contributed by atoms with Crippen molar-refractivity contribution < 1.29 is 42.2 Å². The number of aliphatic hydroxyl groups excluding tert-OH is 1. The van der Waals surface area contributed by atoms with E-state index in [-0.39, 0.29) is 50.3 Å². The molecule has 3 fully saturated rings. The number of amides is 4. The summed E-state index contributed by atoms with van der Waals surface area (Å²) >= 11 is 0. The lowest BCUT2D eigenvalue weighted by Gasteiger charge is -2.35. The summed E-state index contributed by atoms with van der Waals surface area (Å²) in [6, 6.07) is 5.12. The molecule has 0 aromatic heterocycles. The second kappa shape index (κ2) is 17.7. The van der Waals surface area contributed by atoms with E-state index in [4.69, 9.17) is 4.74 Å². The van der Waals surface area contributed by atoms with Crippen molar-refractivity contribution in [3.8, 4) is 0 Å². The van der Waals surface area contributed by atoms with Crippen molar-refractivity contribution in [1.29, 1.82) is 0 Å². The first-order valence-electron chi connectivity index (χ1n) is 18.0. The van der Waals surface area contributed by atoms with E-state index >= 15 is 0 Å². The zero-order valence-electron chi connectivity index (χ0n) is 29.5. The number of rotatable bonds is 12. The molecule has 1 unspecified atom stereocenters. The van der Waals surface area contributed by atoms with E-state index in [2.05, 4.69) is 16.0 Å². The number of piperidine rings is 1. The van der Waals surface area contributed by atoms with Crippen molar-refractivity contribution in [1.82, 2.24) is 25.8 Å². The molecule has 11 nitrogen and oxygen atoms in total. The smallest absolute Gasteiger partial charge is 0.416 e. The average Bonchev–Trinajstić information content (AvgIpc) is 3.56. The van der Waals surface area contributed by atoms with Gasteiger partial charge in [0.1, 0.15) is 17.7 Å². The van der Waals surface area contributed by atoms with Crippen molar-refractivity contribution in [2.45, 2.75) is 133 Å². The van der Waals surface area contributed by atoms with Gasteiger partial charge in [-0.05, 0) is 64.4 Å². The zero-order chi connectivity index (χ0) is 36.5. The molecule has 4 rings (SSSR count). The summed E-state index contributed by atoms with van der Waals surface area (Å²) in [5.74, 6) is -1.62. The van der Waals surface area contributed by atoms with E-state index in [1.165, 1.54) is 4.90 Å². The fourth-order valence-corrected chi connectivity index (χ4v) is 7.24. The maximum Gasteiger partial charge on any atom is 0.416 e. The van der Waals surface area contributed by atoms with E-state index in [0.717, 1.165) is 37.7 Å². The van der Waals surface area contributed by atoms with Gasteiger partial charge in [0.05, 0.1) is 12.6 Å². The number of hydrogen-bond donors (Lipinski definition) is 4. The number of nitrogens with zero attached hydrogens (tertiary/aromatic N) is 2. The molecular formula is C36H54F3N5O6. The number of halogens is 3. The summed E-state index contributed by atoms with van der Waals surface area (Å²) in [7, 11) is 0. The average molecular weight is 710 g/mol. The molecule has 14 heteroatoms. The molecule has 2 aliphatic heterocycles. The summed E-state index contributed by atoms with van der Waals surface area (Å²) in [5.41, 5.74) is 0.205. The maximum atomic E-state index is 14.1. The molecule has 1 aromatic rings. The van der Waals surface area contributed by atoms with Gasteiger partial charge in [0.2, 0.25) is 11.8 Å². The van der Waals surface area contributed by atoms with Crippen LogP contribution in [0.2, 0.25) is 0 Å². The Labute approximate surface area is 293 Å². The van der Waals surface area contributed by atoms with Gasteiger partial charge in [-0.1, -0.05) is 62.4 Å². The van der Waals surface area contributed by atoms with Gasteiger partial charge in [-0.25, -0.2) is 4.79 Å². The molecule has 1 aliphatic carbocycles. The SMILES string of the molecule is CC(C)(C)OC(=O)CNC1CCN(C(=O)N[C@@H](Cc2ccccc2)C(=O)N2CCC[C@H]2C(=O)N[C@H](CC2CCCCC2)C(O)C(F)(F)F)CC1. The van der Waals surface area contributed by atoms with Crippen LogP contribution in [0, 0.1) is 5.92 Å². The van der Waals surface area contributed by atoms with E-state index in [1.807, 2.05) is 30.3 Å². The number of benzene rings is 1. The van der Waals surface area contributed by atoms with Gasteiger partial charge in [0.15, 0.2) is 6.10 Å². The predicted molar refractivity (Wildman–Crippen MR) is 181 cm³/mol. The van der Waals surface area contributed by atoms with Crippen LogP contribution in [0.1, 0.15) is 90.5 Å². The van der Waals surface area contributed by atoms with E-state index in [1.54, 1.807) is 25.7 Å². The summed E-state index contributed by atoms with van der Waals surface area (Å²) in [5, 5.41) is 18.8. The van der Waals surface area contributed by atoms with Gasteiger partial charge in [0, 0.05) is 32.1 Å². The van der Waals surface area contributed by atoms with Crippen LogP contribution in [0.25, 0.3) is 0 Å². The Kier molecular flexibility index (Phi) is 13.9. The zero-order valence-corrected chi connectivity index (χ0v) is 29.5. The van der Waals surface area contributed by atoms with Gasteiger partial charge in [-0.2, -0.15) is 13.2 Å². The standard InChI is InChI=1S/C36H54F3N5O6/c1-35(2,3)50-30(45)23-40-26-16-19-43(20-17-26)34(49)42-28(22-25-13-8-5-9-14-25)33(48)44-18-10-15-29(44)32(47)41-27(31(46)36(37,38)39)21-24-11-6-4-7-12-24/h5,8-9,13-14,24,26-29,31,40,46H,4,6-7,10-12,15-23H2,1-3H3,(H,41,47)(H,42,49)/t27-,28+,29+,31?/m1/s1. The van der Waals surface area contributed by atoms with Crippen molar-refractivity contribution in [3.63, 3.8) is 0 Å². The first kappa shape index (κ1) is 39.4. The van der Waals surface area contributed by atoms with E-state index < -0.39 is 53.9 Å². The number of aliphatic hydroxyl groups is 1. The Balaban J connectivity index is 1.40. The molecular weight excluding hydrogens is 655 g/mol.